The molecule has 3 rings (SSSR count). The summed E-state index contributed by atoms with van der Waals surface area (Å²) in [6.07, 6.45) is 1.42. The predicted molar refractivity (Wildman–Crippen MR) is 126 cm³/mol. The molecule has 0 spiro atoms. The number of nitrogens with one attached hydrogen (secondary N) is 1. The van der Waals surface area contributed by atoms with Crippen molar-refractivity contribution in [1.82, 2.24) is 5.32 Å². The summed E-state index contributed by atoms with van der Waals surface area (Å²) in [6.45, 7) is 6.36. The van der Waals surface area contributed by atoms with E-state index in [1.54, 1.807) is 0 Å². The fraction of sp³-hybridized carbons (Fsp3) is 0.320. The van der Waals surface area contributed by atoms with Gasteiger partial charge in [0.25, 0.3) is 5.91 Å². The molecule has 0 aromatic heterocycles. The van der Waals surface area contributed by atoms with Crippen molar-refractivity contribution in [2.24, 2.45) is 0 Å². The van der Waals surface area contributed by atoms with Crippen LogP contribution in [0.25, 0.3) is 0 Å². The molecule has 1 N–H and O–H groups in total. The van der Waals surface area contributed by atoms with E-state index in [4.69, 9.17) is 0 Å². The van der Waals surface area contributed by atoms with Crippen LogP contribution in [0.1, 0.15) is 43.4 Å². The van der Waals surface area contributed by atoms with Gasteiger partial charge >= 0.3 is 0 Å². The summed E-state index contributed by atoms with van der Waals surface area (Å²) in [4.78, 5) is 27.3. The minimum absolute atomic E-state index is 0.0435. The molecule has 5 nitrogen and oxygen atoms in total. The summed E-state index contributed by atoms with van der Waals surface area (Å²) >= 11 is 1.29. The maximum Gasteiger partial charge on any atom is 0.264 e. The third kappa shape index (κ3) is 4.83. The molecule has 6 heteroatoms. The first-order chi connectivity index (χ1) is 14.9. The van der Waals surface area contributed by atoms with Gasteiger partial charge in [-0.2, -0.15) is 5.26 Å². The number of anilines is 1. The molecule has 1 aliphatic rings. The molecular formula is C25H27N3O2S. The number of benzene rings is 2. The van der Waals surface area contributed by atoms with Gasteiger partial charge in [0.05, 0.1) is 5.25 Å². The summed E-state index contributed by atoms with van der Waals surface area (Å²) in [5, 5.41) is 12.2. The number of amides is 2. The summed E-state index contributed by atoms with van der Waals surface area (Å²) in [5.74, 6) is -0.165. The molecule has 1 aliphatic heterocycles. The molecule has 0 saturated carbocycles. The number of hydrogen-bond acceptors (Lipinski definition) is 4. The minimum Gasteiger partial charge on any atom is -0.354 e. The molecule has 1 unspecified atom stereocenters. The number of likely N-dealkylation sites (N-methyl/N-ethyl adjacent to an activating group) is 1. The first-order valence-corrected chi connectivity index (χ1v) is 11.3. The van der Waals surface area contributed by atoms with Crippen molar-refractivity contribution in [1.29, 1.82) is 5.26 Å². The molecule has 1 fully saturated rings. The summed E-state index contributed by atoms with van der Waals surface area (Å²) in [7, 11) is 1.48. The fourth-order valence-electron chi connectivity index (χ4n) is 3.48. The molecular weight excluding hydrogens is 406 g/mol. The van der Waals surface area contributed by atoms with Gasteiger partial charge in [-0.05, 0) is 47.6 Å². The van der Waals surface area contributed by atoms with Crippen molar-refractivity contribution in [3.63, 3.8) is 0 Å². The fourth-order valence-corrected chi connectivity index (χ4v) is 4.79. The van der Waals surface area contributed by atoms with Gasteiger partial charge in [0.1, 0.15) is 16.7 Å². The quantitative estimate of drug-likeness (QED) is 0.536. The Morgan fingerprint density at radius 1 is 1.13 bits per heavy atom. The Kier molecular flexibility index (Phi) is 7.19. The van der Waals surface area contributed by atoms with Crippen LogP contribution in [0, 0.1) is 11.3 Å². The highest BCUT2D eigenvalue weighted by atomic mass is 32.2. The Balaban J connectivity index is 1.98. The van der Waals surface area contributed by atoms with Crippen LogP contribution in [0.2, 0.25) is 0 Å². The van der Waals surface area contributed by atoms with Crippen molar-refractivity contribution in [3.05, 3.63) is 75.8 Å². The Morgan fingerprint density at radius 3 is 2.26 bits per heavy atom. The number of nitrogens with zero attached hydrogens (tertiary/aromatic N) is 2. The van der Waals surface area contributed by atoms with Crippen molar-refractivity contribution in [3.8, 4) is 6.07 Å². The Labute approximate surface area is 188 Å². The molecule has 31 heavy (non-hydrogen) atoms. The number of carbonyl (C=O) groups is 2. The molecule has 160 valence electrons. The van der Waals surface area contributed by atoms with Gasteiger partial charge in [0.2, 0.25) is 5.91 Å². The molecule has 1 saturated heterocycles. The number of thioether (sulfide) groups is 1. The normalized spacial score (nSPS) is 17.6. The van der Waals surface area contributed by atoms with E-state index in [1.165, 1.54) is 29.3 Å². The molecule has 2 aromatic rings. The molecule has 2 aromatic carbocycles. The Hall–Kier alpha value is -3.04. The maximum absolute atomic E-state index is 13.4. The highest BCUT2D eigenvalue weighted by Crippen LogP contribution is 2.42. The zero-order valence-electron chi connectivity index (χ0n) is 18.3. The van der Waals surface area contributed by atoms with Crippen LogP contribution in [0.4, 0.5) is 5.69 Å². The topological polar surface area (TPSA) is 73.2 Å². The highest BCUT2D eigenvalue weighted by Gasteiger charge is 2.40. The summed E-state index contributed by atoms with van der Waals surface area (Å²) in [6, 6.07) is 18.0. The van der Waals surface area contributed by atoms with Gasteiger partial charge in [-0.3, -0.25) is 14.5 Å². The van der Waals surface area contributed by atoms with Crippen LogP contribution >= 0.6 is 11.8 Å². The third-order valence-electron chi connectivity index (χ3n) is 5.40. The first kappa shape index (κ1) is 22.6. The van der Waals surface area contributed by atoms with Crippen molar-refractivity contribution < 1.29 is 9.59 Å². The number of rotatable bonds is 6. The van der Waals surface area contributed by atoms with Crippen LogP contribution in [-0.2, 0) is 22.4 Å². The zero-order chi connectivity index (χ0) is 22.5. The van der Waals surface area contributed by atoms with Crippen molar-refractivity contribution in [2.45, 2.75) is 44.8 Å². The smallest absolute Gasteiger partial charge is 0.264 e. The van der Waals surface area contributed by atoms with Gasteiger partial charge in [0.15, 0.2) is 0 Å². The summed E-state index contributed by atoms with van der Waals surface area (Å²) < 4.78 is 0. The Bertz CT molecular complexity index is 1030. The van der Waals surface area contributed by atoms with E-state index in [-0.39, 0.29) is 11.5 Å². The number of hydrogen-bond donors (Lipinski definition) is 1. The van der Waals surface area contributed by atoms with E-state index >= 15 is 0 Å². The van der Waals surface area contributed by atoms with Crippen LogP contribution in [0.3, 0.4) is 0 Å². The average molecular weight is 434 g/mol. The summed E-state index contributed by atoms with van der Waals surface area (Å²) in [5.41, 5.74) is 4.08. The number of carbonyl (C=O) groups excluding carboxylic acids is 2. The van der Waals surface area contributed by atoms with E-state index < -0.39 is 11.2 Å². The molecule has 1 heterocycles. The Morgan fingerprint density at radius 2 is 1.74 bits per heavy atom. The second-order valence-corrected chi connectivity index (χ2v) is 8.96. The van der Waals surface area contributed by atoms with E-state index in [0.717, 1.165) is 17.5 Å². The second-order valence-electron chi connectivity index (χ2n) is 7.77. The van der Waals surface area contributed by atoms with Crippen LogP contribution in [0.5, 0.6) is 0 Å². The van der Waals surface area contributed by atoms with Crippen molar-refractivity contribution >= 4 is 29.3 Å². The van der Waals surface area contributed by atoms with Gasteiger partial charge in [-0.1, -0.05) is 68.9 Å². The lowest BCUT2D eigenvalue weighted by molar-refractivity contribution is -0.117. The maximum atomic E-state index is 13.4. The lowest BCUT2D eigenvalue weighted by atomic mass is 10.00. The van der Waals surface area contributed by atoms with E-state index in [0.29, 0.717) is 23.1 Å². The molecule has 0 bridgehead atoms. The standard InChI is InChI=1S/C25H27N3O2S/c1-5-17-8-12-20(13-9-17)28-24(30)22(31-25(28)21(15-26)23(29)27-4)14-18-6-10-19(11-7-18)16(2)3/h6-13,16,22H,5,14H2,1-4H3,(H,27,29)/b25-21-. The zero-order valence-corrected chi connectivity index (χ0v) is 19.1. The van der Waals surface area contributed by atoms with Gasteiger partial charge < -0.3 is 5.32 Å². The van der Waals surface area contributed by atoms with E-state index in [1.807, 2.05) is 30.3 Å². The van der Waals surface area contributed by atoms with E-state index in [9.17, 15) is 14.9 Å². The highest BCUT2D eigenvalue weighted by molar-refractivity contribution is 8.05. The van der Waals surface area contributed by atoms with Crippen LogP contribution < -0.4 is 10.2 Å². The second kappa shape index (κ2) is 9.84. The van der Waals surface area contributed by atoms with Gasteiger partial charge in [-0.25, -0.2) is 0 Å². The molecule has 0 aliphatic carbocycles. The van der Waals surface area contributed by atoms with Gasteiger partial charge in [0, 0.05) is 12.7 Å². The van der Waals surface area contributed by atoms with E-state index in [2.05, 4.69) is 50.4 Å². The SMILES string of the molecule is CCc1ccc(N2C(=O)C(Cc3ccc(C(C)C)cc3)S/C2=C(/C#N)C(=O)NC)cc1. The van der Waals surface area contributed by atoms with Crippen LogP contribution in [-0.4, -0.2) is 24.1 Å². The number of nitriles is 1. The molecule has 2 amide bonds. The lowest BCUT2D eigenvalue weighted by Gasteiger charge is -2.19. The molecule has 1 atom stereocenters. The monoisotopic (exact) mass is 433 g/mol. The average Bonchev–Trinajstić information content (AvgIpc) is 3.10. The third-order valence-corrected chi connectivity index (χ3v) is 6.67. The van der Waals surface area contributed by atoms with Crippen LogP contribution in [0.15, 0.2) is 59.1 Å². The first-order valence-electron chi connectivity index (χ1n) is 10.4. The van der Waals surface area contributed by atoms with Crippen molar-refractivity contribution in [2.75, 3.05) is 11.9 Å². The molecule has 0 radical (unpaired) electrons. The predicted octanol–water partition coefficient (Wildman–Crippen LogP) is 4.54. The lowest BCUT2D eigenvalue weighted by Crippen LogP contribution is -2.31. The minimum atomic E-state index is -0.491. The largest absolute Gasteiger partial charge is 0.354 e. The number of aryl methyl sites for hydroxylation is 1. The van der Waals surface area contributed by atoms with Gasteiger partial charge in [-0.15, -0.1) is 0 Å².